The zero-order chi connectivity index (χ0) is 34.6. The van der Waals surface area contributed by atoms with Crippen LogP contribution >= 0.6 is 46.4 Å². The molecule has 0 amide bonds. The van der Waals surface area contributed by atoms with E-state index < -0.39 is 0 Å². The van der Waals surface area contributed by atoms with Crippen LogP contribution in [-0.4, -0.2) is 75.1 Å². The molecule has 0 aliphatic rings. The summed E-state index contributed by atoms with van der Waals surface area (Å²) in [4.78, 5) is 0. The zero-order valence-corrected chi connectivity index (χ0v) is 30.7. The van der Waals surface area contributed by atoms with Gasteiger partial charge in [0.05, 0.1) is 22.5 Å². The topological polar surface area (TPSA) is 201 Å². The average Bonchev–Trinajstić information content (AvgIpc) is 3.03. The Labute approximate surface area is 329 Å². The molecule has 0 aromatic heterocycles. The third-order valence-corrected chi connectivity index (χ3v) is 6.18. The van der Waals surface area contributed by atoms with Crippen molar-refractivity contribution in [2.24, 2.45) is 20.4 Å². The Kier molecular flexibility index (Phi) is 26.5. The first-order chi connectivity index (χ1) is 22.5. The molecular weight excluding hydrogens is 837 g/mol. The van der Waals surface area contributed by atoms with E-state index in [-0.39, 0.29) is 82.7 Å². The molecule has 0 unspecified atom stereocenters. The van der Waals surface area contributed by atoms with Crippen LogP contribution in [-0.2, 0) is 34.1 Å². The molecule has 2 radical (unpaired) electrons. The van der Waals surface area contributed by atoms with Crippen LogP contribution in [0.4, 0.5) is 0 Å². The standard InChI is InChI=1S/2C15H12Cl2N2O3.C2H6O.2Cu.H2O/c2*16-11-5-6-14(12(17)7-11)22-9-15(21)19-18-8-10-3-1-2-4-13(10)20;1-2-3;;;/h2*1-8,20H,9H2,(H,19,21);3H,2H2,1H3;;;1H2. The number of para-hydroxylation sites is 2. The first-order valence-corrected chi connectivity index (χ1v) is 14.9. The molecule has 0 spiro atoms. The summed E-state index contributed by atoms with van der Waals surface area (Å²) >= 11 is 23.4. The van der Waals surface area contributed by atoms with Crippen LogP contribution in [0.15, 0.2) is 105 Å². The molecular formula is C32H32Cl4Cu2N4O8. The second-order valence-corrected chi connectivity index (χ2v) is 10.4. The monoisotopic (exact) mass is 866 g/mol. The van der Waals surface area contributed by atoms with Crippen molar-refractivity contribution in [3.05, 3.63) is 116 Å². The number of aliphatic hydroxyl groups excluding tert-OH is 3. The van der Waals surface area contributed by atoms with Crippen molar-refractivity contribution in [2.45, 2.75) is 6.92 Å². The van der Waals surface area contributed by atoms with Gasteiger partial charge in [0.25, 0.3) is 0 Å². The smallest absolute Gasteiger partial charge is 0.244 e. The summed E-state index contributed by atoms with van der Waals surface area (Å²) in [6.45, 7) is 1.54. The van der Waals surface area contributed by atoms with Crippen molar-refractivity contribution in [2.75, 3.05) is 19.8 Å². The predicted molar refractivity (Wildman–Crippen MR) is 192 cm³/mol. The SMILES string of the molecule is CCO.O.OC(COc1ccc(Cl)cc1Cl)=NN=Cc1ccccc1O.OC(COc1ccc(Cl)cc1Cl)=NN=Cc1ccccc1O.[Cu].[Cu]. The van der Waals surface area contributed by atoms with Crippen LogP contribution in [0.25, 0.3) is 0 Å². The van der Waals surface area contributed by atoms with E-state index in [9.17, 15) is 20.4 Å². The van der Waals surface area contributed by atoms with Gasteiger partial charge in [-0.3, -0.25) is 0 Å². The van der Waals surface area contributed by atoms with Crippen molar-refractivity contribution >= 4 is 70.6 Å². The molecule has 4 aromatic rings. The van der Waals surface area contributed by atoms with E-state index in [2.05, 4.69) is 20.4 Å². The Morgan fingerprint density at radius 3 is 1.30 bits per heavy atom. The number of benzene rings is 4. The van der Waals surface area contributed by atoms with Gasteiger partial charge in [-0.25, -0.2) is 0 Å². The molecule has 0 aliphatic heterocycles. The molecule has 50 heavy (non-hydrogen) atoms. The summed E-state index contributed by atoms with van der Waals surface area (Å²) in [7, 11) is 0. The molecule has 4 aromatic carbocycles. The van der Waals surface area contributed by atoms with Crippen molar-refractivity contribution in [3.63, 3.8) is 0 Å². The van der Waals surface area contributed by atoms with E-state index in [0.717, 1.165) is 0 Å². The number of phenols is 2. The van der Waals surface area contributed by atoms with Crippen LogP contribution in [0.5, 0.6) is 23.0 Å². The van der Waals surface area contributed by atoms with Gasteiger partial charge in [0.1, 0.15) is 23.0 Å². The van der Waals surface area contributed by atoms with Crippen molar-refractivity contribution in [1.82, 2.24) is 0 Å². The molecule has 0 saturated heterocycles. The quantitative estimate of drug-likeness (QED) is 0.0476. The first-order valence-electron chi connectivity index (χ1n) is 13.4. The Hall–Kier alpha value is -3.52. The van der Waals surface area contributed by atoms with E-state index in [1.165, 1.54) is 36.7 Å². The van der Waals surface area contributed by atoms with E-state index >= 15 is 0 Å². The van der Waals surface area contributed by atoms with Crippen molar-refractivity contribution < 1.29 is 74.6 Å². The molecule has 12 nitrogen and oxygen atoms in total. The molecule has 0 fully saturated rings. The number of phenolic OH excluding ortho intramolecular Hbond substituents is 2. The van der Waals surface area contributed by atoms with Gasteiger partial charge in [-0.1, -0.05) is 70.7 Å². The van der Waals surface area contributed by atoms with Gasteiger partial charge in [0.2, 0.25) is 11.8 Å². The molecule has 0 heterocycles. The molecule has 0 aliphatic carbocycles. The largest absolute Gasteiger partial charge is 0.507 e. The molecule has 0 saturated carbocycles. The van der Waals surface area contributed by atoms with Crippen LogP contribution in [0, 0.1) is 0 Å². The van der Waals surface area contributed by atoms with E-state index in [1.807, 2.05) is 0 Å². The zero-order valence-electron chi connectivity index (χ0n) is 25.8. The fourth-order valence-electron chi connectivity index (χ4n) is 3.04. The molecule has 4 rings (SSSR count). The minimum absolute atomic E-state index is 0. The summed E-state index contributed by atoms with van der Waals surface area (Å²) in [5.41, 5.74) is 0.974. The number of halogens is 4. The minimum Gasteiger partial charge on any atom is -0.507 e. The predicted octanol–water partition coefficient (Wildman–Crippen LogP) is 7.31. The Morgan fingerprint density at radius 1 is 0.640 bits per heavy atom. The number of nitrogens with zero attached hydrogens (tertiary/aromatic N) is 4. The normalized spacial score (nSPS) is 10.8. The van der Waals surface area contributed by atoms with Crippen LogP contribution in [0.3, 0.4) is 0 Å². The van der Waals surface area contributed by atoms with Gasteiger partial charge < -0.3 is 40.5 Å². The van der Waals surface area contributed by atoms with E-state index in [4.69, 9.17) is 61.0 Å². The first kappa shape index (κ1) is 48.6. The number of hydrogen-bond acceptors (Lipinski definition) is 9. The summed E-state index contributed by atoms with van der Waals surface area (Å²) < 4.78 is 10.6. The van der Waals surface area contributed by atoms with Gasteiger partial charge in [0.15, 0.2) is 13.2 Å². The molecule has 278 valence electrons. The van der Waals surface area contributed by atoms with Crippen molar-refractivity contribution in [1.29, 1.82) is 0 Å². The molecule has 0 atom stereocenters. The average molecular weight is 870 g/mol. The van der Waals surface area contributed by atoms with Crippen LogP contribution in [0.2, 0.25) is 20.1 Å². The molecule has 7 N–H and O–H groups in total. The summed E-state index contributed by atoms with van der Waals surface area (Å²) in [5, 5.41) is 61.9. The molecule has 18 heteroatoms. The molecule has 0 bridgehead atoms. The number of ether oxygens (including phenoxy) is 2. The van der Waals surface area contributed by atoms with E-state index in [0.29, 0.717) is 42.7 Å². The minimum atomic E-state index is -0.335. The number of aromatic hydroxyl groups is 2. The second-order valence-electron chi connectivity index (χ2n) is 8.68. The summed E-state index contributed by atoms with van der Waals surface area (Å²) in [6.07, 6.45) is 2.64. The fourth-order valence-corrected chi connectivity index (χ4v) is 3.96. The number of aliphatic hydroxyl groups is 3. The van der Waals surface area contributed by atoms with Crippen LogP contribution in [0.1, 0.15) is 18.1 Å². The van der Waals surface area contributed by atoms with E-state index in [1.54, 1.807) is 67.6 Å². The van der Waals surface area contributed by atoms with Gasteiger partial charge in [-0.2, -0.15) is 10.2 Å². The van der Waals surface area contributed by atoms with Gasteiger partial charge in [0, 0.05) is 61.9 Å². The van der Waals surface area contributed by atoms with Gasteiger partial charge in [-0.05, 0) is 67.6 Å². The van der Waals surface area contributed by atoms with Crippen molar-refractivity contribution in [3.8, 4) is 23.0 Å². The fraction of sp³-hybridized carbons (Fsp3) is 0.125. The second kappa shape index (κ2) is 27.2. The third kappa shape index (κ3) is 19.0. The van der Waals surface area contributed by atoms with Gasteiger partial charge in [-0.15, -0.1) is 10.2 Å². The maximum absolute atomic E-state index is 9.58. The van der Waals surface area contributed by atoms with Gasteiger partial charge >= 0.3 is 0 Å². The maximum Gasteiger partial charge on any atom is 0.244 e. The summed E-state index contributed by atoms with van der Waals surface area (Å²) in [5.74, 6) is 0.223. The Balaban J connectivity index is 0. The van der Waals surface area contributed by atoms with Crippen LogP contribution < -0.4 is 9.47 Å². The maximum atomic E-state index is 9.58. The summed E-state index contributed by atoms with van der Waals surface area (Å²) in [6, 6.07) is 22.7. The Morgan fingerprint density at radius 2 is 0.980 bits per heavy atom. The Bertz CT molecular complexity index is 1590. The third-order valence-electron chi connectivity index (χ3n) is 5.11. The number of rotatable bonds is 10. The number of hydrogen-bond donors (Lipinski definition) is 5.